The number of unbranched alkanes of at least 4 members (excludes halogenated alkanes) is 26. The number of aliphatic hydroxyl groups is 11. The van der Waals surface area contributed by atoms with Crippen LogP contribution in [0.5, 0.6) is 0 Å². The number of aliphatic hydroxyl groups excluding tert-OH is 11. The number of hydrogen-bond acceptors (Lipinski definition) is 18. The van der Waals surface area contributed by atoms with Crippen LogP contribution in [0.15, 0.2) is 85.1 Å². The Morgan fingerprint density at radius 2 is 0.761 bits per heavy atom. The van der Waals surface area contributed by atoms with Crippen molar-refractivity contribution in [3.63, 3.8) is 0 Å². The van der Waals surface area contributed by atoms with Crippen LogP contribution in [0.2, 0.25) is 0 Å². The van der Waals surface area contributed by atoms with Crippen LogP contribution in [0, 0.1) is 0 Å². The zero-order chi connectivity index (χ0) is 66.8. The highest BCUT2D eigenvalue weighted by molar-refractivity contribution is 5.76. The molecule has 0 saturated carbocycles. The molecule has 17 atom stereocenters. The maximum Gasteiger partial charge on any atom is 0.220 e. The minimum Gasteiger partial charge on any atom is -0.394 e. The van der Waals surface area contributed by atoms with E-state index in [2.05, 4.69) is 92.1 Å². The summed E-state index contributed by atoms with van der Waals surface area (Å²) in [7, 11) is 0. The van der Waals surface area contributed by atoms with Gasteiger partial charge in [0.05, 0.1) is 38.6 Å². The van der Waals surface area contributed by atoms with Crippen LogP contribution in [-0.4, -0.2) is 193 Å². The van der Waals surface area contributed by atoms with E-state index >= 15 is 0 Å². The number of carbonyl (C=O) groups is 1. The average Bonchev–Trinajstić information content (AvgIpc) is 0.834. The lowest BCUT2D eigenvalue weighted by Crippen LogP contribution is -2.66. The fourth-order valence-electron chi connectivity index (χ4n) is 11.6. The van der Waals surface area contributed by atoms with Crippen molar-refractivity contribution in [2.75, 3.05) is 26.4 Å². The lowest BCUT2D eigenvalue weighted by molar-refractivity contribution is -0.379. The van der Waals surface area contributed by atoms with E-state index in [0.717, 1.165) is 70.6 Å². The van der Waals surface area contributed by atoms with Crippen molar-refractivity contribution < 1.29 is 89.4 Å². The Hall–Kier alpha value is -3.03. The Kier molecular flexibility index (Phi) is 48.9. The van der Waals surface area contributed by atoms with Crippen LogP contribution in [0.25, 0.3) is 0 Å². The molecule has 0 aromatic carbocycles. The van der Waals surface area contributed by atoms with E-state index in [-0.39, 0.29) is 18.9 Å². The van der Waals surface area contributed by atoms with E-state index in [9.17, 15) is 61.0 Å². The first-order valence-corrected chi connectivity index (χ1v) is 35.8. The number of allylic oxidation sites excluding steroid dienone is 13. The Balaban J connectivity index is 1.39. The molecule has 12 N–H and O–H groups in total. The summed E-state index contributed by atoms with van der Waals surface area (Å²) < 4.78 is 34.3. The molecule has 532 valence electrons. The zero-order valence-electron chi connectivity index (χ0n) is 56.3. The molecule has 0 aliphatic carbocycles. The van der Waals surface area contributed by atoms with Gasteiger partial charge in [0.1, 0.15) is 73.2 Å². The average molecular weight is 1310 g/mol. The first-order chi connectivity index (χ1) is 44.8. The fourth-order valence-corrected chi connectivity index (χ4v) is 11.6. The molecular weight excluding hydrogens is 1180 g/mol. The van der Waals surface area contributed by atoms with Gasteiger partial charge < -0.3 is 89.9 Å². The molecule has 92 heavy (non-hydrogen) atoms. The molecule has 19 nitrogen and oxygen atoms in total. The molecule has 17 unspecified atom stereocenters. The highest BCUT2D eigenvalue weighted by Crippen LogP contribution is 2.33. The van der Waals surface area contributed by atoms with Gasteiger partial charge in [-0.15, -0.1) is 0 Å². The molecule has 3 rings (SSSR count). The predicted octanol–water partition coefficient (Wildman–Crippen LogP) is 9.88. The van der Waals surface area contributed by atoms with Crippen LogP contribution in [0.3, 0.4) is 0 Å². The standard InChI is InChI=1S/C73H127NO18/c1-3-5-7-9-11-13-15-17-19-21-22-23-24-25-26-27-28-29-30-31-32-33-34-35-37-39-41-43-45-47-49-51-61(79)74-56(57(78)50-48-46-44-42-40-38-36-20-18-16-14-12-10-8-6-4-2)55-87-71-67(85)64(82)69(59(53-76)89-71)92-73-68(86)65(83)70(60(54-77)90-73)91-72-66(84)63(81)62(80)58(52-75)88-72/h5,7,11,13,17-20,22-23,40,42,48,50,56-60,62-73,75-78,80-86H,3-4,6,8-10,12,14-16,21,24-39,41,43-47,49,51-55H2,1-2H3,(H,74,79)/b7-5-,13-11-,19-17-,20-18+,23-22-,42-40+,50-48+. The van der Waals surface area contributed by atoms with Gasteiger partial charge in [0.2, 0.25) is 5.91 Å². The van der Waals surface area contributed by atoms with E-state index in [4.69, 9.17) is 28.4 Å². The summed E-state index contributed by atoms with van der Waals surface area (Å²) in [5.41, 5.74) is 0. The maximum atomic E-state index is 13.4. The molecule has 0 aromatic heterocycles. The van der Waals surface area contributed by atoms with Crippen molar-refractivity contribution in [3.8, 4) is 0 Å². The first-order valence-electron chi connectivity index (χ1n) is 35.8. The van der Waals surface area contributed by atoms with Crippen molar-refractivity contribution in [1.29, 1.82) is 0 Å². The molecule has 3 saturated heterocycles. The molecule has 0 aromatic rings. The number of amides is 1. The third-order valence-corrected chi connectivity index (χ3v) is 17.4. The van der Waals surface area contributed by atoms with Crippen molar-refractivity contribution in [3.05, 3.63) is 85.1 Å². The monoisotopic (exact) mass is 1310 g/mol. The summed E-state index contributed by atoms with van der Waals surface area (Å²) in [5, 5.41) is 120. The summed E-state index contributed by atoms with van der Waals surface area (Å²) in [4.78, 5) is 13.4. The van der Waals surface area contributed by atoms with Crippen LogP contribution in [-0.2, 0) is 33.2 Å². The topological polar surface area (TPSA) is 307 Å². The number of nitrogens with one attached hydrogen (secondary N) is 1. The van der Waals surface area contributed by atoms with Crippen LogP contribution >= 0.6 is 0 Å². The van der Waals surface area contributed by atoms with Gasteiger partial charge in [-0.1, -0.05) is 234 Å². The Morgan fingerprint density at radius 3 is 1.22 bits per heavy atom. The van der Waals surface area contributed by atoms with Gasteiger partial charge in [-0.3, -0.25) is 4.79 Å². The minimum absolute atomic E-state index is 0.230. The molecule has 19 heteroatoms. The quantitative estimate of drug-likeness (QED) is 0.0199. The summed E-state index contributed by atoms with van der Waals surface area (Å²) in [5.74, 6) is -0.290. The first kappa shape index (κ1) is 83.2. The second kappa shape index (κ2) is 54.0. The molecule has 3 aliphatic heterocycles. The fraction of sp³-hybridized carbons (Fsp3) is 0.795. The Morgan fingerprint density at radius 1 is 0.402 bits per heavy atom. The van der Waals surface area contributed by atoms with Gasteiger partial charge in [-0.05, 0) is 83.5 Å². The number of carbonyl (C=O) groups excluding carboxylic acids is 1. The van der Waals surface area contributed by atoms with E-state index in [1.165, 1.54) is 135 Å². The molecule has 1 amide bonds. The molecule has 3 heterocycles. The van der Waals surface area contributed by atoms with Crippen molar-refractivity contribution in [2.45, 2.75) is 343 Å². The Labute approximate surface area is 552 Å². The summed E-state index contributed by atoms with van der Waals surface area (Å²) in [6.45, 7) is 1.58. The van der Waals surface area contributed by atoms with Crippen molar-refractivity contribution in [2.24, 2.45) is 0 Å². The summed E-state index contributed by atoms with van der Waals surface area (Å²) in [6.07, 6.45) is 42.8. The lowest BCUT2D eigenvalue weighted by atomic mass is 9.96. The summed E-state index contributed by atoms with van der Waals surface area (Å²) in [6, 6.07) is -0.999. The second-order valence-corrected chi connectivity index (χ2v) is 25.3. The van der Waals surface area contributed by atoms with Crippen molar-refractivity contribution >= 4 is 5.91 Å². The lowest BCUT2D eigenvalue weighted by Gasteiger charge is -2.48. The molecule has 0 radical (unpaired) electrons. The van der Waals surface area contributed by atoms with Gasteiger partial charge >= 0.3 is 0 Å². The number of ether oxygens (including phenoxy) is 6. The van der Waals surface area contributed by atoms with Gasteiger partial charge in [0.25, 0.3) is 0 Å². The van der Waals surface area contributed by atoms with E-state index in [1.54, 1.807) is 6.08 Å². The highest BCUT2D eigenvalue weighted by atomic mass is 16.8. The third kappa shape index (κ3) is 35.3. The molecule has 3 aliphatic rings. The molecule has 0 spiro atoms. The number of rotatable bonds is 54. The van der Waals surface area contributed by atoms with E-state index in [0.29, 0.717) is 12.8 Å². The smallest absolute Gasteiger partial charge is 0.220 e. The van der Waals surface area contributed by atoms with Gasteiger partial charge in [0, 0.05) is 6.42 Å². The normalized spacial score (nSPS) is 28.2. The third-order valence-electron chi connectivity index (χ3n) is 17.4. The van der Waals surface area contributed by atoms with Gasteiger partial charge in [0.15, 0.2) is 18.9 Å². The van der Waals surface area contributed by atoms with Crippen LogP contribution in [0.4, 0.5) is 0 Å². The predicted molar refractivity (Wildman–Crippen MR) is 360 cm³/mol. The van der Waals surface area contributed by atoms with E-state index in [1.807, 2.05) is 6.08 Å². The highest BCUT2D eigenvalue weighted by Gasteiger charge is 2.53. The number of hydrogen-bond donors (Lipinski definition) is 12. The summed E-state index contributed by atoms with van der Waals surface area (Å²) >= 11 is 0. The Bertz CT molecular complexity index is 2000. The largest absolute Gasteiger partial charge is 0.394 e. The van der Waals surface area contributed by atoms with Crippen LogP contribution in [0.1, 0.15) is 239 Å². The maximum absolute atomic E-state index is 13.4. The van der Waals surface area contributed by atoms with Crippen molar-refractivity contribution in [1.82, 2.24) is 5.32 Å². The molecule has 0 bridgehead atoms. The minimum atomic E-state index is -1.98. The molecule has 3 fully saturated rings. The van der Waals surface area contributed by atoms with Gasteiger partial charge in [-0.2, -0.15) is 0 Å². The van der Waals surface area contributed by atoms with Crippen LogP contribution < -0.4 is 5.32 Å². The zero-order valence-corrected chi connectivity index (χ0v) is 56.3. The SMILES string of the molecule is CC/C=C\C/C=C\C/C=C\C/C=C\CCCCCCCCCCCCCCCCCCCCC(=O)NC(COC1OC(CO)C(OC2OC(CO)C(OC3OC(CO)C(O)C(O)C3O)C(O)C2O)C(O)C1O)C(O)/C=C/CC/C=C/CC/C=C/CCCCCCCC. The molecular formula is C73H127NO18. The van der Waals surface area contributed by atoms with E-state index < -0.39 is 124 Å². The van der Waals surface area contributed by atoms with Gasteiger partial charge in [-0.25, -0.2) is 0 Å². The second-order valence-electron chi connectivity index (χ2n) is 25.3.